The predicted molar refractivity (Wildman–Crippen MR) is 78.7 cm³/mol. The lowest BCUT2D eigenvalue weighted by Gasteiger charge is -2.33. The van der Waals surface area contributed by atoms with Gasteiger partial charge in [0.2, 0.25) is 5.28 Å². The summed E-state index contributed by atoms with van der Waals surface area (Å²) in [5, 5.41) is 11.5. The van der Waals surface area contributed by atoms with Crippen molar-refractivity contribution in [1.82, 2.24) is 20.3 Å². The van der Waals surface area contributed by atoms with E-state index in [9.17, 15) is 4.79 Å². The first-order chi connectivity index (χ1) is 10.1. The molecule has 2 aromatic rings. The highest BCUT2D eigenvalue weighted by atomic mass is 35.5. The van der Waals surface area contributed by atoms with Gasteiger partial charge in [0.1, 0.15) is 5.52 Å². The molecule has 1 aliphatic rings. The lowest BCUT2D eigenvalue weighted by molar-refractivity contribution is 0.188. The number of aromatic nitrogens is 3. The first kappa shape index (κ1) is 13.8. The van der Waals surface area contributed by atoms with Crippen molar-refractivity contribution in [3.63, 3.8) is 0 Å². The van der Waals surface area contributed by atoms with Crippen LogP contribution in [-0.4, -0.2) is 45.3 Å². The van der Waals surface area contributed by atoms with E-state index in [0.29, 0.717) is 23.4 Å². The SMILES string of the molecule is O=C(O)N[C@@H]1CCCN(c2nc(Cl)nc3cccnc23)C1. The Morgan fingerprint density at radius 3 is 3.14 bits per heavy atom. The first-order valence-corrected chi connectivity index (χ1v) is 7.04. The normalized spacial score (nSPS) is 18.7. The third-order valence-corrected chi connectivity index (χ3v) is 3.63. The summed E-state index contributed by atoms with van der Waals surface area (Å²) in [5.74, 6) is 0.655. The Bertz CT molecular complexity index is 681. The Morgan fingerprint density at radius 1 is 1.48 bits per heavy atom. The molecular formula is C13H14ClN5O2. The first-order valence-electron chi connectivity index (χ1n) is 6.66. The van der Waals surface area contributed by atoms with Gasteiger partial charge >= 0.3 is 6.09 Å². The molecule has 2 aromatic heterocycles. The largest absolute Gasteiger partial charge is 0.465 e. The van der Waals surface area contributed by atoms with Gasteiger partial charge in [0.25, 0.3) is 0 Å². The van der Waals surface area contributed by atoms with Crippen LogP contribution in [0.2, 0.25) is 5.28 Å². The van der Waals surface area contributed by atoms with Gasteiger partial charge in [-0.15, -0.1) is 0 Å². The van der Waals surface area contributed by atoms with Crippen LogP contribution in [0.5, 0.6) is 0 Å². The Morgan fingerprint density at radius 2 is 2.33 bits per heavy atom. The third kappa shape index (κ3) is 2.97. The second kappa shape index (κ2) is 5.69. The number of nitrogens with zero attached hydrogens (tertiary/aromatic N) is 4. The molecule has 0 aliphatic carbocycles. The molecule has 1 aliphatic heterocycles. The molecule has 3 rings (SSSR count). The molecule has 0 aromatic carbocycles. The predicted octanol–water partition coefficient (Wildman–Crippen LogP) is 1.91. The van der Waals surface area contributed by atoms with Crippen LogP contribution in [0.15, 0.2) is 18.3 Å². The van der Waals surface area contributed by atoms with Crippen LogP contribution in [0.4, 0.5) is 10.6 Å². The fourth-order valence-corrected chi connectivity index (χ4v) is 2.78. The number of pyridine rings is 1. The Labute approximate surface area is 126 Å². The highest BCUT2D eigenvalue weighted by Gasteiger charge is 2.24. The zero-order valence-electron chi connectivity index (χ0n) is 11.2. The van der Waals surface area contributed by atoms with E-state index in [1.165, 1.54) is 0 Å². The summed E-state index contributed by atoms with van der Waals surface area (Å²) in [6, 6.07) is 3.50. The molecule has 7 nitrogen and oxygen atoms in total. The average molecular weight is 308 g/mol. The van der Waals surface area contributed by atoms with Crippen molar-refractivity contribution < 1.29 is 9.90 Å². The van der Waals surface area contributed by atoms with E-state index < -0.39 is 6.09 Å². The number of fused-ring (bicyclic) bond motifs is 1. The highest BCUT2D eigenvalue weighted by molar-refractivity contribution is 6.28. The number of anilines is 1. The molecule has 0 saturated carbocycles. The number of carboxylic acid groups (broad SMARTS) is 1. The number of halogens is 1. The fourth-order valence-electron chi connectivity index (χ4n) is 2.61. The molecule has 21 heavy (non-hydrogen) atoms. The number of carbonyl (C=O) groups is 1. The van der Waals surface area contributed by atoms with Gasteiger partial charge in [0, 0.05) is 25.3 Å². The van der Waals surface area contributed by atoms with Crippen LogP contribution in [0.3, 0.4) is 0 Å². The summed E-state index contributed by atoms with van der Waals surface area (Å²) in [6.45, 7) is 1.34. The molecule has 110 valence electrons. The second-order valence-electron chi connectivity index (χ2n) is 4.92. The van der Waals surface area contributed by atoms with Crippen molar-refractivity contribution in [1.29, 1.82) is 0 Å². The summed E-state index contributed by atoms with van der Waals surface area (Å²) in [4.78, 5) is 25.6. The van der Waals surface area contributed by atoms with E-state index in [1.807, 2.05) is 11.0 Å². The molecule has 1 saturated heterocycles. The fraction of sp³-hybridized carbons (Fsp3) is 0.385. The monoisotopic (exact) mass is 307 g/mol. The lowest BCUT2D eigenvalue weighted by Crippen LogP contribution is -2.47. The summed E-state index contributed by atoms with van der Waals surface area (Å²) in [6.07, 6.45) is 2.36. The standard InChI is InChI=1S/C13H14ClN5O2/c14-12-17-9-4-1-5-15-10(9)11(18-12)19-6-2-3-8(7-19)16-13(20)21/h1,4-5,8,16H,2-3,6-7H2,(H,20,21)/t8-/m1/s1. The van der Waals surface area contributed by atoms with Gasteiger partial charge < -0.3 is 15.3 Å². The van der Waals surface area contributed by atoms with Crippen molar-refractivity contribution >= 4 is 34.5 Å². The number of piperidine rings is 1. The zero-order chi connectivity index (χ0) is 14.8. The molecule has 1 amide bonds. The number of rotatable bonds is 2. The minimum Gasteiger partial charge on any atom is -0.465 e. The van der Waals surface area contributed by atoms with Crippen molar-refractivity contribution in [3.8, 4) is 0 Å². The summed E-state index contributed by atoms with van der Waals surface area (Å²) in [7, 11) is 0. The van der Waals surface area contributed by atoms with Gasteiger partial charge in [-0.1, -0.05) is 0 Å². The van der Waals surface area contributed by atoms with Gasteiger partial charge in [0.15, 0.2) is 5.82 Å². The minimum atomic E-state index is -1.01. The van der Waals surface area contributed by atoms with E-state index in [4.69, 9.17) is 16.7 Å². The van der Waals surface area contributed by atoms with E-state index in [1.54, 1.807) is 12.3 Å². The van der Waals surface area contributed by atoms with Crippen LogP contribution in [0, 0.1) is 0 Å². The van der Waals surface area contributed by atoms with Crippen molar-refractivity contribution in [2.45, 2.75) is 18.9 Å². The maximum Gasteiger partial charge on any atom is 0.404 e. The number of nitrogens with one attached hydrogen (secondary N) is 1. The van der Waals surface area contributed by atoms with Crippen LogP contribution in [0.1, 0.15) is 12.8 Å². The van der Waals surface area contributed by atoms with Crippen molar-refractivity contribution in [2.75, 3.05) is 18.0 Å². The van der Waals surface area contributed by atoms with Crippen LogP contribution >= 0.6 is 11.6 Å². The van der Waals surface area contributed by atoms with Crippen molar-refractivity contribution in [3.05, 3.63) is 23.6 Å². The second-order valence-corrected chi connectivity index (χ2v) is 5.26. The quantitative estimate of drug-likeness (QED) is 0.824. The molecular weight excluding hydrogens is 294 g/mol. The van der Waals surface area contributed by atoms with E-state index >= 15 is 0 Å². The molecule has 0 bridgehead atoms. The maximum absolute atomic E-state index is 10.8. The maximum atomic E-state index is 10.8. The Kier molecular flexibility index (Phi) is 3.74. The number of hydrogen-bond acceptors (Lipinski definition) is 5. The molecule has 1 fully saturated rings. The minimum absolute atomic E-state index is 0.122. The summed E-state index contributed by atoms with van der Waals surface area (Å²) >= 11 is 5.98. The van der Waals surface area contributed by atoms with Gasteiger partial charge in [-0.25, -0.2) is 9.78 Å². The van der Waals surface area contributed by atoms with Crippen LogP contribution < -0.4 is 10.2 Å². The van der Waals surface area contributed by atoms with Gasteiger partial charge in [-0.05, 0) is 36.6 Å². The topological polar surface area (TPSA) is 91.2 Å². The lowest BCUT2D eigenvalue weighted by atomic mass is 10.1. The molecule has 0 spiro atoms. The van der Waals surface area contributed by atoms with Gasteiger partial charge in [-0.3, -0.25) is 4.98 Å². The number of amides is 1. The summed E-state index contributed by atoms with van der Waals surface area (Å²) in [5.41, 5.74) is 1.36. The smallest absolute Gasteiger partial charge is 0.404 e. The number of hydrogen-bond donors (Lipinski definition) is 2. The van der Waals surface area contributed by atoms with E-state index in [-0.39, 0.29) is 11.3 Å². The van der Waals surface area contributed by atoms with E-state index in [0.717, 1.165) is 19.4 Å². The molecule has 3 heterocycles. The highest BCUT2D eigenvalue weighted by Crippen LogP contribution is 2.26. The summed E-state index contributed by atoms with van der Waals surface area (Å²) < 4.78 is 0. The van der Waals surface area contributed by atoms with E-state index in [2.05, 4.69) is 20.3 Å². The van der Waals surface area contributed by atoms with Crippen LogP contribution in [0.25, 0.3) is 11.0 Å². The molecule has 8 heteroatoms. The molecule has 1 atom stereocenters. The van der Waals surface area contributed by atoms with Crippen LogP contribution in [-0.2, 0) is 0 Å². The average Bonchev–Trinajstić information content (AvgIpc) is 2.46. The zero-order valence-corrected chi connectivity index (χ0v) is 11.9. The van der Waals surface area contributed by atoms with Gasteiger partial charge in [-0.2, -0.15) is 4.98 Å². The molecule has 2 N–H and O–H groups in total. The Hall–Kier alpha value is -2.15. The molecule has 0 unspecified atom stereocenters. The van der Waals surface area contributed by atoms with Gasteiger partial charge in [0.05, 0.1) is 5.52 Å². The van der Waals surface area contributed by atoms with Crippen molar-refractivity contribution in [2.24, 2.45) is 0 Å². The third-order valence-electron chi connectivity index (χ3n) is 3.46. The molecule has 0 radical (unpaired) electrons. The Balaban J connectivity index is 1.94.